The van der Waals surface area contributed by atoms with Crippen LogP contribution in [0, 0.1) is 0 Å². The van der Waals surface area contributed by atoms with E-state index in [1.165, 1.54) is 18.9 Å². The van der Waals surface area contributed by atoms with Gasteiger partial charge >= 0.3 is 0 Å². The Morgan fingerprint density at radius 3 is 2.96 bits per heavy atom. The van der Waals surface area contributed by atoms with Crippen LogP contribution in [-0.4, -0.2) is 33.4 Å². The molecule has 1 aromatic heterocycles. The average molecular weight is 446 g/mol. The Bertz CT molecular complexity index is 1020. The van der Waals surface area contributed by atoms with Gasteiger partial charge in [0, 0.05) is 10.2 Å². The number of phenols is 1. The zero-order valence-corrected chi connectivity index (χ0v) is 16.8. The molecule has 1 atom stereocenters. The summed E-state index contributed by atoms with van der Waals surface area (Å²) in [4.78, 5) is 16.6. The number of nitrogens with zero attached hydrogens (tertiary/aromatic N) is 2. The lowest BCUT2D eigenvalue weighted by atomic mass is 10.1. The van der Waals surface area contributed by atoms with Crippen molar-refractivity contribution in [2.75, 3.05) is 18.2 Å². The molecule has 0 spiro atoms. The van der Waals surface area contributed by atoms with Crippen LogP contribution >= 0.6 is 27.7 Å². The van der Waals surface area contributed by atoms with Crippen LogP contribution in [0.1, 0.15) is 16.5 Å². The maximum Gasteiger partial charge on any atom is 0.235 e. The molecule has 2 aromatic carbocycles. The molecular formula is C19H16BrN3O3S. The summed E-state index contributed by atoms with van der Waals surface area (Å²) in [5, 5.41) is 12.7. The number of carbonyl (C=O) groups is 1. The number of nitrogens with one attached hydrogen (secondary N) is 1. The van der Waals surface area contributed by atoms with Crippen molar-refractivity contribution in [2.45, 2.75) is 5.25 Å². The van der Waals surface area contributed by atoms with E-state index in [1.54, 1.807) is 18.5 Å². The van der Waals surface area contributed by atoms with Crippen molar-refractivity contribution in [1.29, 1.82) is 0 Å². The van der Waals surface area contributed by atoms with Crippen molar-refractivity contribution in [3.05, 3.63) is 64.5 Å². The predicted octanol–water partition coefficient (Wildman–Crippen LogP) is 4.12. The van der Waals surface area contributed by atoms with Crippen molar-refractivity contribution < 1.29 is 14.6 Å². The topological polar surface area (TPSA) is 76.4 Å². The van der Waals surface area contributed by atoms with Gasteiger partial charge < -0.3 is 15.2 Å². The molecule has 1 aliphatic heterocycles. The van der Waals surface area contributed by atoms with E-state index in [-0.39, 0.29) is 16.9 Å². The summed E-state index contributed by atoms with van der Waals surface area (Å²) in [7, 11) is 1.52. The summed E-state index contributed by atoms with van der Waals surface area (Å²) in [6, 6.07) is 13.1. The van der Waals surface area contributed by atoms with Gasteiger partial charge in [-0.3, -0.25) is 9.36 Å². The minimum Gasteiger partial charge on any atom is -0.504 e. The highest BCUT2D eigenvalue weighted by Crippen LogP contribution is 2.44. The third kappa shape index (κ3) is 3.42. The van der Waals surface area contributed by atoms with E-state index < -0.39 is 0 Å². The van der Waals surface area contributed by atoms with Gasteiger partial charge in [0.15, 0.2) is 17.3 Å². The van der Waals surface area contributed by atoms with Gasteiger partial charge in [0.1, 0.15) is 6.33 Å². The highest BCUT2D eigenvalue weighted by atomic mass is 79.9. The lowest BCUT2D eigenvalue weighted by molar-refractivity contribution is -0.113. The standard InChI is InChI=1S/C19H16BrN3O3S/c1-26-15-7-11(5-6-14(15)24)18-17-19(22-16(25)9-27-18)21-10-23(17)13-4-2-3-12(20)8-13/h2-8,10,18,24H,9H2,1H3,(H,22,25)/t18-/m1/s1. The van der Waals surface area contributed by atoms with Crippen molar-refractivity contribution >= 4 is 39.4 Å². The van der Waals surface area contributed by atoms with Gasteiger partial charge in [-0.15, -0.1) is 11.8 Å². The van der Waals surface area contributed by atoms with E-state index in [2.05, 4.69) is 26.2 Å². The molecule has 0 unspecified atom stereocenters. The Morgan fingerprint density at radius 1 is 1.33 bits per heavy atom. The molecule has 2 N–H and O–H groups in total. The number of ether oxygens (including phenoxy) is 1. The minimum absolute atomic E-state index is 0.0785. The third-order valence-corrected chi connectivity index (χ3v) is 6.04. The molecule has 1 aliphatic rings. The number of benzene rings is 2. The highest BCUT2D eigenvalue weighted by molar-refractivity contribution is 9.10. The summed E-state index contributed by atoms with van der Waals surface area (Å²) >= 11 is 5.01. The number of hydrogen-bond donors (Lipinski definition) is 2. The minimum atomic E-state index is -0.157. The molecule has 4 rings (SSSR count). The number of aromatic nitrogens is 2. The number of fused-ring (bicyclic) bond motifs is 1. The molecule has 3 aromatic rings. The summed E-state index contributed by atoms with van der Waals surface area (Å²) in [6.45, 7) is 0. The largest absolute Gasteiger partial charge is 0.504 e. The second-order valence-corrected chi connectivity index (χ2v) is 8.01. The molecule has 27 heavy (non-hydrogen) atoms. The molecular weight excluding hydrogens is 430 g/mol. The van der Waals surface area contributed by atoms with Crippen LogP contribution in [0.2, 0.25) is 0 Å². The highest BCUT2D eigenvalue weighted by Gasteiger charge is 2.29. The van der Waals surface area contributed by atoms with Crippen molar-refractivity contribution in [2.24, 2.45) is 0 Å². The maximum atomic E-state index is 12.1. The fourth-order valence-electron chi connectivity index (χ4n) is 3.05. The number of carbonyl (C=O) groups excluding carboxylic acids is 1. The van der Waals surface area contributed by atoms with E-state index >= 15 is 0 Å². The van der Waals surface area contributed by atoms with Crippen molar-refractivity contribution in [1.82, 2.24) is 9.55 Å². The summed E-state index contributed by atoms with van der Waals surface area (Å²) < 4.78 is 8.19. The molecule has 0 radical (unpaired) electrons. The fraction of sp³-hybridized carbons (Fsp3) is 0.158. The van der Waals surface area contributed by atoms with Crippen molar-refractivity contribution in [3.8, 4) is 17.2 Å². The van der Waals surface area contributed by atoms with E-state index in [1.807, 2.05) is 34.9 Å². The third-order valence-electron chi connectivity index (χ3n) is 4.28. The summed E-state index contributed by atoms with van der Waals surface area (Å²) in [5.41, 5.74) is 2.73. The number of hydrogen-bond acceptors (Lipinski definition) is 5. The summed E-state index contributed by atoms with van der Waals surface area (Å²) in [6.07, 6.45) is 1.71. The first kappa shape index (κ1) is 17.9. The normalized spacial score (nSPS) is 16.4. The number of aromatic hydroxyl groups is 1. The molecule has 0 bridgehead atoms. The van der Waals surface area contributed by atoms with Crippen LogP contribution in [0.5, 0.6) is 11.5 Å². The number of phenolic OH excluding ortho intramolecular Hbond substituents is 1. The van der Waals surface area contributed by atoms with Crippen LogP contribution in [-0.2, 0) is 4.79 Å². The van der Waals surface area contributed by atoms with Gasteiger partial charge in [-0.2, -0.15) is 0 Å². The van der Waals surface area contributed by atoms with Crippen LogP contribution in [0.25, 0.3) is 5.69 Å². The molecule has 0 saturated carbocycles. The fourth-order valence-corrected chi connectivity index (χ4v) is 4.55. The quantitative estimate of drug-likeness (QED) is 0.633. The molecule has 2 heterocycles. The van der Waals surface area contributed by atoms with Crippen molar-refractivity contribution in [3.63, 3.8) is 0 Å². The number of methoxy groups -OCH3 is 1. The van der Waals surface area contributed by atoms with Gasteiger partial charge in [0.2, 0.25) is 5.91 Å². The Balaban J connectivity index is 1.88. The van der Waals surface area contributed by atoms with E-state index in [0.29, 0.717) is 17.3 Å². The zero-order valence-electron chi connectivity index (χ0n) is 14.3. The molecule has 0 saturated heterocycles. The monoisotopic (exact) mass is 445 g/mol. The van der Waals surface area contributed by atoms with Crippen LogP contribution < -0.4 is 10.1 Å². The Kier molecular flexibility index (Phi) is 4.84. The molecule has 0 fully saturated rings. The Hall–Kier alpha value is -2.45. The summed E-state index contributed by atoms with van der Waals surface area (Å²) in [5.74, 6) is 1.24. The van der Waals surface area contributed by atoms with Gasteiger partial charge in [-0.05, 0) is 35.9 Å². The maximum absolute atomic E-state index is 12.1. The average Bonchev–Trinajstić information content (AvgIpc) is 2.98. The first-order valence-corrected chi connectivity index (χ1v) is 10.0. The lowest BCUT2D eigenvalue weighted by Crippen LogP contribution is -2.12. The van der Waals surface area contributed by atoms with E-state index in [4.69, 9.17) is 4.74 Å². The Morgan fingerprint density at radius 2 is 2.19 bits per heavy atom. The van der Waals surface area contributed by atoms with Gasteiger partial charge in [0.25, 0.3) is 0 Å². The first-order valence-electron chi connectivity index (χ1n) is 8.18. The SMILES string of the molecule is COc1cc([C@H]2SCC(=O)Nc3ncn(-c4cccc(Br)c4)c32)ccc1O. The molecule has 8 heteroatoms. The zero-order chi connectivity index (χ0) is 19.0. The van der Waals surface area contributed by atoms with E-state index in [9.17, 15) is 9.90 Å². The Labute approximate surface area is 168 Å². The molecule has 6 nitrogen and oxygen atoms in total. The molecule has 1 amide bonds. The van der Waals surface area contributed by atoms with Crippen LogP contribution in [0.3, 0.4) is 0 Å². The van der Waals surface area contributed by atoms with E-state index in [0.717, 1.165) is 21.4 Å². The first-order chi connectivity index (χ1) is 13.1. The number of imidazole rings is 1. The molecule has 0 aliphatic carbocycles. The predicted molar refractivity (Wildman–Crippen MR) is 109 cm³/mol. The van der Waals surface area contributed by atoms with Crippen LogP contribution in [0.15, 0.2) is 53.3 Å². The number of amides is 1. The molecule has 138 valence electrons. The second-order valence-electron chi connectivity index (χ2n) is 6.00. The van der Waals surface area contributed by atoms with Gasteiger partial charge in [0.05, 0.1) is 23.8 Å². The number of rotatable bonds is 3. The van der Waals surface area contributed by atoms with Gasteiger partial charge in [-0.25, -0.2) is 4.98 Å². The number of thioether (sulfide) groups is 1. The number of anilines is 1. The lowest BCUT2D eigenvalue weighted by Gasteiger charge is -2.19. The van der Waals surface area contributed by atoms with Crippen LogP contribution in [0.4, 0.5) is 5.82 Å². The smallest absolute Gasteiger partial charge is 0.235 e. The second kappa shape index (κ2) is 7.28. The van der Waals surface area contributed by atoms with Gasteiger partial charge in [-0.1, -0.05) is 28.1 Å². The number of halogens is 1.